The van der Waals surface area contributed by atoms with Crippen molar-refractivity contribution in [3.8, 4) is 0 Å². The molecular formula is C17H29FN2O. The van der Waals surface area contributed by atoms with Crippen molar-refractivity contribution in [1.82, 2.24) is 10.2 Å². The van der Waals surface area contributed by atoms with E-state index in [-0.39, 0.29) is 18.5 Å². The molecule has 0 aliphatic heterocycles. The van der Waals surface area contributed by atoms with Crippen molar-refractivity contribution in [1.29, 1.82) is 0 Å². The Bertz CT molecular complexity index is 396. The van der Waals surface area contributed by atoms with E-state index in [0.29, 0.717) is 12.6 Å². The van der Waals surface area contributed by atoms with Gasteiger partial charge in [0, 0.05) is 25.2 Å². The number of aliphatic hydroxyl groups is 1. The monoisotopic (exact) mass is 296 g/mol. The molecule has 0 spiro atoms. The lowest BCUT2D eigenvalue weighted by Crippen LogP contribution is -2.38. The van der Waals surface area contributed by atoms with E-state index in [1.807, 2.05) is 13.1 Å². The van der Waals surface area contributed by atoms with Crippen LogP contribution in [0.25, 0.3) is 0 Å². The van der Waals surface area contributed by atoms with Crippen LogP contribution in [0.3, 0.4) is 0 Å². The van der Waals surface area contributed by atoms with E-state index >= 15 is 0 Å². The number of hydrogen-bond donors (Lipinski definition) is 2. The van der Waals surface area contributed by atoms with Crippen molar-refractivity contribution in [2.24, 2.45) is 0 Å². The number of nitrogens with zero attached hydrogens (tertiary/aromatic N) is 1. The fourth-order valence-corrected chi connectivity index (χ4v) is 2.91. The maximum atomic E-state index is 13.3. The standard InChI is InChI=1S/C17H29FN2O/c1-4-16(5-2)20(11-12-21)10-9-17(19-3)14-7-6-8-15(18)13-14/h6-8,13,16-17,19,21H,4-5,9-12H2,1-3H3. The minimum atomic E-state index is -0.194. The summed E-state index contributed by atoms with van der Waals surface area (Å²) in [6.07, 6.45) is 3.07. The zero-order chi connectivity index (χ0) is 15.7. The van der Waals surface area contributed by atoms with E-state index in [0.717, 1.165) is 31.4 Å². The molecule has 4 heteroatoms. The topological polar surface area (TPSA) is 35.5 Å². The molecule has 0 radical (unpaired) electrons. The molecule has 0 bridgehead atoms. The van der Waals surface area contributed by atoms with Gasteiger partial charge in [-0.1, -0.05) is 26.0 Å². The Kier molecular flexibility index (Phi) is 8.50. The van der Waals surface area contributed by atoms with Crippen LogP contribution in [0.1, 0.15) is 44.7 Å². The average Bonchev–Trinajstić information content (AvgIpc) is 2.49. The predicted molar refractivity (Wildman–Crippen MR) is 85.8 cm³/mol. The number of benzene rings is 1. The summed E-state index contributed by atoms with van der Waals surface area (Å²) < 4.78 is 13.3. The van der Waals surface area contributed by atoms with Gasteiger partial charge in [0.05, 0.1) is 6.61 Å². The Morgan fingerprint density at radius 1 is 1.24 bits per heavy atom. The van der Waals surface area contributed by atoms with Gasteiger partial charge in [0.1, 0.15) is 5.82 Å². The molecule has 21 heavy (non-hydrogen) atoms. The van der Waals surface area contributed by atoms with Crippen molar-refractivity contribution in [3.05, 3.63) is 35.6 Å². The maximum Gasteiger partial charge on any atom is 0.123 e. The van der Waals surface area contributed by atoms with Gasteiger partial charge in [0.15, 0.2) is 0 Å². The first-order valence-corrected chi connectivity index (χ1v) is 7.93. The van der Waals surface area contributed by atoms with Gasteiger partial charge in [-0.25, -0.2) is 4.39 Å². The van der Waals surface area contributed by atoms with Crippen LogP contribution >= 0.6 is 0 Å². The maximum absolute atomic E-state index is 13.3. The second-order valence-corrected chi connectivity index (χ2v) is 5.41. The van der Waals surface area contributed by atoms with E-state index in [9.17, 15) is 9.50 Å². The molecule has 0 saturated heterocycles. The van der Waals surface area contributed by atoms with Gasteiger partial charge in [-0.15, -0.1) is 0 Å². The Balaban J connectivity index is 2.67. The molecule has 0 aliphatic carbocycles. The molecule has 0 aromatic heterocycles. The molecule has 0 fully saturated rings. The largest absolute Gasteiger partial charge is 0.395 e. The van der Waals surface area contributed by atoms with Gasteiger partial charge in [-0.2, -0.15) is 0 Å². The number of halogens is 1. The zero-order valence-electron chi connectivity index (χ0n) is 13.5. The highest BCUT2D eigenvalue weighted by Crippen LogP contribution is 2.19. The molecule has 1 rings (SSSR count). The highest BCUT2D eigenvalue weighted by Gasteiger charge is 2.17. The SMILES string of the molecule is CCC(CC)N(CCO)CCC(NC)c1cccc(F)c1. The smallest absolute Gasteiger partial charge is 0.123 e. The second kappa shape index (κ2) is 9.87. The molecule has 1 aromatic carbocycles. The van der Waals surface area contributed by atoms with Crippen molar-refractivity contribution in [2.45, 2.75) is 45.2 Å². The molecule has 0 heterocycles. The van der Waals surface area contributed by atoms with Gasteiger partial charge < -0.3 is 10.4 Å². The van der Waals surface area contributed by atoms with Crippen LogP contribution in [0.4, 0.5) is 4.39 Å². The molecule has 0 aliphatic rings. The van der Waals surface area contributed by atoms with Crippen LogP contribution in [-0.2, 0) is 0 Å². The Morgan fingerprint density at radius 2 is 1.95 bits per heavy atom. The van der Waals surface area contributed by atoms with E-state index in [1.54, 1.807) is 12.1 Å². The van der Waals surface area contributed by atoms with Crippen LogP contribution in [0.2, 0.25) is 0 Å². The molecule has 0 saturated carbocycles. The average molecular weight is 296 g/mol. The fourth-order valence-electron chi connectivity index (χ4n) is 2.91. The number of nitrogens with one attached hydrogen (secondary N) is 1. The van der Waals surface area contributed by atoms with E-state index in [2.05, 4.69) is 24.1 Å². The summed E-state index contributed by atoms with van der Waals surface area (Å²) >= 11 is 0. The third kappa shape index (κ3) is 5.73. The Hall–Kier alpha value is -0.970. The predicted octanol–water partition coefficient (Wildman–Crippen LogP) is 2.96. The highest BCUT2D eigenvalue weighted by molar-refractivity contribution is 5.20. The first-order chi connectivity index (χ1) is 10.2. The second-order valence-electron chi connectivity index (χ2n) is 5.41. The highest BCUT2D eigenvalue weighted by atomic mass is 19.1. The lowest BCUT2D eigenvalue weighted by molar-refractivity contribution is 0.138. The van der Waals surface area contributed by atoms with E-state index in [1.165, 1.54) is 6.07 Å². The van der Waals surface area contributed by atoms with E-state index < -0.39 is 0 Å². The zero-order valence-corrected chi connectivity index (χ0v) is 13.5. The number of rotatable bonds is 10. The molecule has 1 aromatic rings. The van der Waals surface area contributed by atoms with Crippen LogP contribution in [-0.4, -0.2) is 42.8 Å². The van der Waals surface area contributed by atoms with Gasteiger partial charge in [0.25, 0.3) is 0 Å². The summed E-state index contributed by atoms with van der Waals surface area (Å²) in [4.78, 5) is 2.34. The first-order valence-electron chi connectivity index (χ1n) is 7.93. The number of aliphatic hydroxyl groups excluding tert-OH is 1. The number of hydrogen-bond acceptors (Lipinski definition) is 3. The molecule has 0 amide bonds. The minimum absolute atomic E-state index is 0.135. The van der Waals surface area contributed by atoms with Crippen molar-refractivity contribution < 1.29 is 9.50 Å². The molecule has 1 atom stereocenters. The lowest BCUT2D eigenvalue weighted by atomic mass is 10.0. The summed E-state index contributed by atoms with van der Waals surface area (Å²) in [5.74, 6) is -0.194. The van der Waals surface area contributed by atoms with Crippen molar-refractivity contribution >= 4 is 0 Å². The van der Waals surface area contributed by atoms with Gasteiger partial charge >= 0.3 is 0 Å². The van der Waals surface area contributed by atoms with Crippen molar-refractivity contribution in [3.63, 3.8) is 0 Å². The molecule has 120 valence electrons. The third-order valence-electron chi connectivity index (χ3n) is 4.15. The quantitative estimate of drug-likeness (QED) is 0.697. The molecule has 3 nitrogen and oxygen atoms in total. The summed E-state index contributed by atoms with van der Waals surface area (Å²) in [7, 11) is 1.91. The fraction of sp³-hybridized carbons (Fsp3) is 0.647. The van der Waals surface area contributed by atoms with Crippen LogP contribution in [0.15, 0.2) is 24.3 Å². The molecular weight excluding hydrogens is 267 g/mol. The lowest BCUT2D eigenvalue weighted by Gasteiger charge is -2.31. The van der Waals surface area contributed by atoms with E-state index in [4.69, 9.17) is 0 Å². The van der Waals surface area contributed by atoms with Crippen molar-refractivity contribution in [2.75, 3.05) is 26.7 Å². The van der Waals surface area contributed by atoms with Crippen LogP contribution in [0, 0.1) is 5.82 Å². The summed E-state index contributed by atoms with van der Waals surface area (Å²) in [6, 6.07) is 7.41. The van der Waals surface area contributed by atoms with Gasteiger partial charge in [0.2, 0.25) is 0 Å². The normalized spacial score (nSPS) is 13.1. The Labute approximate surface area is 128 Å². The first kappa shape index (κ1) is 18.1. The Morgan fingerprint density at radius 3 is 2.48 bits per heavy atom. The summed E-state index contributed by atoms with van der Waals surface area (Å²) in [5, 5.41) is 12.5. The summed E-state index contributed by atoms with van der Waals surface area (Å²) in [6.45, 7) is 6.14. The van der Waals surface area contributed by atoms with Crippen LogP contribution in [0.5, 0.6) is 0 Å². The molecule has 1 unspecified atom stereocenters. The third-order valence-corrected chi connectivity index (χ3v) is 4.15. The van der Waals surface area contributed by atoms with Crippen LogP contribution < -0.4 is 5.32 Å². The minimum Gasteiger partial charge on any atom is -0.395 e. The van der Waals surface area contributed by atoms with Gasteiger partial charge in [-0.3, -0.25) is 4.90 Å². The van der Waals surface area contributed by atoms with Gasteiger partial charge in [-0.05, 0) is 44.0 Å². The molecule has 2 N–H and O–H groups in total. The summed E-state index contributed by atoms with van der Waals surface area (Å²) in [5.41, 5.74) is 0.978.